The Kier molecular flexibility index (Phi) is 8.82. The van der Waals surface area contributed by atoms with Gasteiger partial charge in [0.05, 0.1) is 17.9 Å². The van der Waals surface area contributed by atoms with Crippen LogP contribution in [0.2, 0.25) is 0 Å². The van der Waals surface area contributed by atoms with Crippen LogP contribution in [0.25, 0.3) is 0 Å². The SMILES string of the molecule is CC[C@H](C)[C@@H](C(=O)N1CCNCC1)n1cc([C@@H](N)CC(C)C)nn1.Cl. The number of aromatic nitrogens is 3. The number of carbonyl (C=O) groups is 1. The summed E-state index contributed by atoms with van der Waals surface area (Å²) in [5.74, 6) is 0.834. The highest BCUT2D eigenvalue weighted by Crippen LogP contribution is 2.25. The molecule has 3 atom stereocenters. The van der Waals surface area contributed by atoms with Crippen LogP contribution in [0, 0.1) is 11.8 Å². The number of halogens is 1. The zero-order valence-corrected chi connectivity index (χ0v) is 16.6. The summed E-state index contributed by atoms with van der Waals surface area (Å²) in [4.78, 5) is 15.0. The molecular weight excluding hydrogens is 340 g/mol. The molecule has 1 aromatic heterocycles. The minimum Gasteiger partial charge on any atom is -0.338 e. The molecule has 2 rings (SSSR count). The van der Waals surface area contributed by atoms with Crippen LogP contribution in [0.1, 0.15) is 58.3 Å². The van der Waals surface area contributed by atoms with E-state index in [9.17, 15) is 4.79 Å². The molecule has 25 heavy (non-hydrogen) atoms. The summed E-state index contributed by atoms with van der Waals surface area (Å²) in [5, 5.41) is 11.8. The summed E-state index contributed by atoms with van der Waals surface area (Å²) < 4.78 is 1.73. The third kappa shape index (κ3) is 5.66. The van der Waals surface area contributed by atoms with Crippen LogP contribution >= 0.6 is 12.4 Å². The van der Waals surface area contributed by atoms with Crippen LogP contribution in [-0.4, -0.2) is 52.0 Å². The lowest BCUT2D eigenvalue weighted by atomic mass is 9.97. The van der Waals surface area contributed by atoms with Crippen molar-refractivity contribution in [3.05, 3.63) is 11.9 Å². The Bertz CT molecular complexity index is 529. The molecule has 7 nitrogen and oxygen atoms in total. The van der Waals surface area contributed by atoms with Crippen molar-refractivity contribution in [2.24, 2.45) is 17.6 Å². The molecule has 144 valence electrons. The lowest BCUT2D eigenvalue weighted by Crippen LogP contribution is -2.49. The van der Waals surface area contributed by atoms with Gasteiger partial charge in [0.2, 0.25) is 5.91 Å². The largest absolute Gasteiger partial charge is 0.338 e. The van der Waals surface area contributed by atoms with Crippen LogP contribution in [0.15, 0.2) is 6.20 Å². The van der Waals surface area contributed by atoms with Gasteiger partial charge in [0, 0.05) is 26.2 Å². The summed E-state index contributed by atoms with van der Waals surface area (Å²) in [6, 6.07) is -0.439. The van der Waals surface area contributed by atoms with Gasteiger partial charge in [0.15, 0.2) is 0 Å². The van der Waals surface area contributed by atoms with E-state index in [4.69, 9.17) is 5.73 Å². The van der Waals surface area contributed by atoms with Crippen molar-refractivity contribution in [3.63, 3.8) is 0 Å². The second-order valence-electron chi connectivity index (χ2n) is 7.27. The van der Waals surface area contributed by atoms with E-state index in [1.165, 1.54) is 0 Å². The molecule has 1 aliphatic rings. The molecular formula is C17H33ClN6O. The van der Waals surface area contributed by atoms with E-state index in [2.05, 4.69) is 43.3 Å². The number of hydrogen-bond donors (Lipinski definition) is 2. The molecule has 0 aromatic carbocycles. The minimum absolute atomic E-state index is 0. The standard InChI is InChI=1S/C17H32N6O.ClH/c1-5-13(4)16(17(24)22-8-6-19-7-9-22)23-11-15(20-21-23)14(18)10-12(2)3;/h11-14,16,19H,5-10,18H2,1-4H3;1H/t13-,14-,16-;/m0./s1. The van der Waals surface area contributed by atoms with Crippen LogP contribution in [0.5, 0.6) is 0 Å². The van der Waals surface area contributed by atoms with Gasteiger partial charge in [-0.15, -0.1) is 17.5 Å². The fourth-order valence-electron chi connectivity index (χ4n) is 3.14. The first-order valence-electron chi connectivity index (χ1n) is 9.10. The van der Waals surface area contributed by atoms with Crippen molar-refractivity contribution >= 4 is 18.3 Å². The lowest BCUT2D eigenvalue weighted by molar-refractivity contribution is -0.137. The molecule has 0 spiro atoms. The minimum atomic E-state index is -0.305. The normalized spacial score (nSPS) is 18.6. The van der Waals surface area contributed by atoms with E-state index in [1.54, 1.807) is 4.68 Å². The number of piperazine rings is 1. The maximum absolute atomic E-state index is 13.0. The number of amides is 1. The summed E-state index contributed by atoms with van der Waals surface area (Å²) >= 11 is 0. The van der Waals surface area contributed by atoms with E-state index >= 15 is 0 Å². The van der Waals surface area contributed by atoms with Crippen molar-refractivity contribution in [2.45, 2.75) is 52.6 Å². The van der Waals surface area contributed by atoms with Gasteiger partial charge in [-0.1, -0.05) is 39.3 Å². The molecule has 8 heteroatoms. The number of nitrogens with two attached hydrogens (primary N) is 1. The number of rotatable bonds is 7. The molecule has 0 saturated carbocycles. The molecule has 2 heterocycles. The van der Waals surface area contributed by atoms with Crippen LogP contribution in [0.3, 0.4) is 0 Å². The smallest absolute Gasteiger partial charge is 0.247 e. The number of carbonyl (C=O) groups excluding carboxylic acids is 1. The highest BCUT2D eigenvalue weighted by atomic mass is 35.5. The number of nitrogens with zero attached hydrogens (tertiary/aromatic N) is 4. The van der Waals surface area contributed by atoms with Crippen LogP contribution in [0.4, 0.5) is 0 Å². The Morgan fingerprint density at radius 3 is 2.52 bits per heavy atom. The second kappa shape index (κ2) is 10.1. The van der Waals surface area contributed by atoms with Crippen molar-refractivity contribution in [1.82, 2.24) is 25.2 Å². The highest BCUT2D eigenvalue weighted by molar-refractivity contribution is 5.85. The fraction of sp³-hybridized carbons (Fsp3) is 0.824. The van der Waals surface area contributed by atoms with E-state index < -0.39 is 0 Å². The van der Waals surface area contributed by atoms with Gasteiger partial charge in [-0.05, 0) is 18.3 Å². The van der Waals surface area contributed by atoms with Gasteiger partial charge < -0.3 is 16.0 Å². The molecule has 0 unspecified atom stereocenters. The average Bonchev–Trinajstić information content (AvgIpc) is 3.04. The predicted octanol–water partition coefficient (Wildman–Crippen LogP) is 1.76. The van der Waals surface area contributed by atoms with Gasteiger partial charge >= 0.3 is 0 Å². The predicted molar refractivity (Wildman–Crippen MR) is 102 cm³/mol. The first-order chi connectivity index (χ1) is 11.4. The first kappa shape index (κ1) is 21.9. The molecule has 0 bridgehead atoms. The highest BCUT2D eigenvalue weighted by Gasteiger charge is 2.32. The first-order valence-corrected chi connectivity index (χ1v) is 9.10. The Balaban J connectivity index is 0.00000312. The zero-order valence-electron chi connectivity index (χ0n) is 15.8. The van der Waals surface area contributed by atoms with Crippen molar-refractivity contribution in [3.8, 4) is 0 Å². The van der Waals surface area contributed by atoms with Gasteiger partial charge in [0.1, 0.15) is 6.04 Å². The lowest BCUT2D eigenvalue weighted by Gasteiger charge is -2.32. The maximum Gasteiger partial charge on any atom is 0.247 e. The maximum atomic E-state index is 13.0. The molecule has 0 radical (unpaired) electrons. The van der Waals surface area contributed by atoms with Gasteiger partial charge in [0.25, 0.3) is 0 Å². The van der Waals surface area contributed by atoms with E-state index in [1.807, 2.05) is 11.1 Å². The molecule has 1 aromatic rings. The number of nitrogens with one attached hydrogen (secondary N) is 1. The molecule has 1 saturated heterocycles. The van der Waals surface area contributed by atoms with Gasteiger partial charge in [-0.25, -0.2) is 4.68 Å². The van der Waals surface area contributed by atoms with Gasteiger partial charge in [-0.3, -0.25) is 4.79 Å². The van der Waals surface area contributed by atoms with E-state index in [-0.39, 0.29) is 36.3 Å². The molecule has 3 N–H and O–H groups in total. The van der Waals surface area contributed by atoms with Crippen molar-refractivity contribution < 1.29 is 4.79 Å². The summed E-state index contributed by atoms with van der Waals surface area (Å²) in [7, 11) is 0. The van der Waals surface area contributed by atoms with Crippen LogP contribution in [-0.2, 0) is 4.79 Å². The quantitative estimate of drug-likeness (QED) is 0.761. The number of hydrogen-bond acceptors (Lipinski definition) is 5. The van der Waals surface area contributed by atoms with Crippen molar-refractivity contribution in [1.29, 1.82) is 0 Å². The average molecular weight is 373 g/mol. The molecule has 0 aliphatic carbocycles. The molecule has 1 amide bonds. The van der Waals surface area contributed by atoms with E-state index in [0.717, 1.165) is 44.7 Å². The Labute approximate surface area is 157 Å². The third-order valence-electron chi connectivity index (χ3n) is 4.78. The topological polar surface area (TPSA) is 89.1 Å². The fourth-order valence-corrected chi connectivity index (χ4v) is 3.14. The summed E-state index contributed by atoms with van der Waals surface area (Å²) in [6.45, 7) is 11.7. The Morgan fingerprint density at radius 1 is 1.32 bits per heavy atom. The Hall–Kier alpha value is -1.18. The summed E-state index contributed by atoms with van der Waals surface area (Å²) in [6.07, 6.45) is 3.64. The molecule has 1 fully saturated rings. The van der Waals surface area contributed by atoms with Crippen LogP contribution < -0.4 is 11.1 Å². The zero-order chi connectivity index (χ0) is 17.7. The monoisotopic (exact) mass is 372 g/mol. The second-order valence-corrected chi connectivity index (χ2v) is 7.27. The van der Waals surface area contributed by atoms with Gasteiger partial charge in [-0.2, -0.15) is 0 Å². The Morgan fingerprint density at radius 2 is 1.96 bits per heavy atom. The third-order valence-corrected chi connectivity index (χ3v) is 4.78. The summed E-state index contributed by atoms with van der Waals surface area (Å²) in [5.41, 5.74) is 6.99. The van der Waals surface area contributed by atoms with E-state index in [0.29, 0.717) is 5.92 Å². The molecule has 1 aliphatic heterocycles. The van der Waals surface area contributed by atoms with Crippen molar-refractivity contribution in [2.75, 3.05) is 26.2 Å².